The molecule has 184 valence electrons. The zero-order valence-corrected chi connectivity index (χ0v) is 21.0. The van der Waals surface area contributed by atoms with Crippen LogP contribution in [0.3, 0.4) is 0 Å². The summed E-state index contributed by atoms with van der Waals surface area (Å²) in [5, 5.41) is 10.2. The van der Waals surface area contributed by atoms with Crippen LogP contribution < -0.4 is 5.73 Å². The number of nitrogens with zero attached hydrogens (tertiary/aromatic N) is 7. The largest absolute Gasteiger partial charge is 0.366 e. The number of nitrogens with two attached hydrogens (primary N) is 1. The number of nitrogens with one attached hydrogen (secondary N) is 1. The average molecular weight is 484 g/mol. The van der Waals surface area contributed by atoms with Gasteiger partial charge >= 0.3 is 0 Å². The van der Waals surface area contributed by atoms with Crippen LogP contribution in [-0.2, 0) is 13.6 Å². The summed E-state index contributed by atoms with van der Waals surface area (Å²) >= 11 is 0. The number of aryl methyl sites for hydroxylation is 1. The summed E-state index contributed by atoms with van der Waals surface area (Å²) in [5.41, 5.74) is 12.1. The lowest BCUT2D eigenvalue weighted by atomic mass is 10.0. The maximum Gasteiger partial charge on any atom is 0.248 e. The molecule has 5 rings (SSSR count). The van der Waals surface area contributed by atoms with Crippen molar-refractivity contribution in [3.8, 4) is 28.3 Å². The molecule has 0 atom stereocenters. The van der Waals surface area contributed by atoms with Gasteiger partial charge in [0.1, 0.15) is 5.82 Å². The van der Waals surface area contributed by atoms with Crippen LogP contribution in [-0.4, -0.2) is 59.4 Å². The zero-order valence-electron chi connectivity index (χ0n) is 21.0. The van der Waals surface area contributed by atoms with E-state index in [1.54, 1.807) is 23.1 Å². The molecule has 0 saturated heterocycles. The van der Waals surface area contributed by atoms with Crippen molar-refractivity contribution in [1.82, 2.24) is 39.4 Å². The fourth-order valence-electron chi connectivity index (χ4n) is 4.41. The SMILES string of the molecule is CC(C)c1nn(-c2ccc(C(N)=O)cc2CN(C)C)c2nccc(-c3nc(-c4cnn(C)c4)c[nH]3)c12. The van der Waals surface area contributed by atoms with Gasteiger partial charge in [0, 0.05) is 48.9 Å². The van der Waals surface area contributed by atoms with Crippen molar-refractivity contribution < 1.29 is 4.79 Å². The lowest BCUT2D eigenvalue weighted by Crippen LogP contribution is -2.16. The number of aromatic nitrogens is 7. The minimum absolute atomic E-state index is 0.145. The lowest BCUT2D eigenvalue weighted by Gasteiger charge is -2.15. The third kappa shape index (κ3) is 4.16. The Morgan fingerprint density at radius 1 is 1.22 bits per heavy atom. The van der Waals surface area contributed by atoms with Gasteiger partial charge in [-0.3, -0.25) is 9.48 Å². The highest BCUT2D eigenvalue weighted by Crippen LogP contribution is 2.34. The molecule has 36 heavy (non-hydrogen) atoms. The number of carbonyl (C=O) groups is 1. The molecule has 0 spiro atoms. The second-order valence-electron chi connectivity index (χ2n) is 9.49. The van der Waals surface area contributed by atoms with Gasteiger partial charge in [0.25, 0.3) is 0 Å². The molecule has 5 aromatic rings. The molecule has 0 radical (unpaired) electrons. The Morgan fingerprint density at radius 2 is 2.03 bits per heavy atom. The molecule has 0 bridgehead atoms. The standard InChI is InChI=1S/C26H29N9O/c1-15(2)23-22-19(25-29-12-20(31-25)18-11-30-34(5)14-18)8-9-28-26(22)35(32-23)21-7-6-16(24(27)36)10-17(21)13-33(3)4/h6-12,14-15H,13H2,1-5H3,(H2,27,36)(H,29,31). The predicted octanol–water partition coefficient (Wildman–Crippen LogP) is 3.50. The minimum atomic E-state index is -0.461. The van der Waals surface area contributed by atoms with E-state index in [2.05, 4.69) is 23.9 Å². The summed E-state index contributed by atoms with van der Waals surface area (Å²) in [7, 11) is 5.84. The third-order valence-corrected chi connectivity index (χ3v) is 6.05. The molecule has 0 unspecified atom stereocenters. The average Bonchev–Trinajstić information content (AvgIpc) is 3.56. The van der Waals surface area contributed by atoms with Gasteiger partial charge in [-0.25, -0.2) is 14.6 Å². The summed E-state index contributed by atoms with van der Waals surface area (Å²) in [6.45, 7) is 4.84. The van der Waals surface area contributed by atoms with Crippen LogP contribution in [0, 0.1) is 0 Å². The quantitative estimate of drug-likeness (QED) is 0.365. The first-order valence-electron chi connectivity index (χ1n) is 11.7. The number of hydrogen-bond donors (Lipinski definition) is 2. The lowest BCUT2D eigenvalue weighted by molar-refractivity contribution is 0.1000. The van der Waals surface area contributed by atoms with Crippen molar-refractivity contribution in [2.45, 2.75) is 26.3 Å². The Labute approximate surface area is 208 Å². The number of benzene rings is 1. The Kier molecular flexibility index (Phi) is 5.89. The van der Waals surface area contributed by atoms with Gasteiger partial charge < -0.3 is 15.6 Å². The fourth-order valence-corrected chi connectivity index (χ4v) is 4.41. The van der Waals surface area contributed by atoms with E-state index >= 15 is 0 Å². The number of pyridine rings is 1. The van der Waals surface area contributed by atoms with Gasteiger partial charge in [-0.15, -0.1) is 0 Å². The topological polar surface area (TPSA) is 124 Å². The summed E-state index contributed by atoms with van der Waals surface area (Å²) in [6.07, 6.45) is 7.38. The molecule has 0 fully saturated rings. The molecule has 4 aromatic heterocycles. The van der Waals surface area contributed by atoms with Crippen LogP contribution in [0.5, 0.6) is 0 Å². The second kappa shape index (κ2) is 9.04. The van der Waals surface area contributed by atoms with Gasteiger partial charge in [0.05, 0.1) is 28.7 Å². The van der Waals surface area contributed by atoms with Crippen molar-refractivity contribution >= 4 is 16.9 Å². The monoisotopic (exact) mass is 483 g/mol. The molecule has 0 aliphatic rings. The Hall–Kier alpha value is -4.31. The maximum absolute atomic E-state index is 11.9. The van der Waals surface area contributed by atoms with Crippen LogP contribution in [0.1, 0.15) is 41.4 Å². The number of aromatic amines is 1. The summed E-state index contributed by atoms with van der Waals surface area (Å²) in [6, 6.07) is 7.41. The highest BCUT2D eigenvalue weighted by Gasteiger charge is 2.23. The first-order valence-corrected chi connectivity index (χ1v) is 11.7. The highest BCUT2D eigenvalue weighted by atomic mass is 16.1. The van der Waals surface area contributed by atoms with Gasteiger partial charge in [-0.05, 0) is 49.8 Å². The van der Waals surface area contributed by atoms with Gasteiger partial charge in [0.2, 0.25) is 5.91 Å². The van der Waals surface area contributed by atoms with Gasteiger partial charge in [0.15, 0.2) is 5.65 Å². The van der Waals surface area contributed by atoms with E-state index in [4.69, 9.17) is 20.8 Å². The molecule has 1 aromatic carbocycles. The number of primary amides is 1. The van der Waals surface area contributed by atoms with Crippen LogP contribution in [0.4, 0.5) is 0 Å². The fraction of sp³-hybridized carbons (Fsp3) is 0.269. The maximum atomic E-state index is 11.9. The van der Waals surface area contributed by atoms with Crippen molar-refractivity contribution in [3.63, 3.8) is 0 Å². The molecule has 4 heterocycles. The van der Waals surface area contributed by atoms with Gasteiger partial charge in [-0.1, -0.05) is 13.8 Å². The van der Waals surface area contributed by atoms with Crippen molar-refractivity contribution in [3.05, 3.63) is 65.9 Å². The molecule has 1 amide bonds. The first-order chi connectivity index (χ1) is 17.2. The zero-order chi connectivity index (χ0) is 25.6. The van der Waals surface area contributed by atoms with Gasteiger partial charge in [-0.2, -0.15) is 10.2 Å². The van der Waals surface area contributed by atoms with Crippen LogP contribution in [0.25, 0.3) is 39.4 Å². The van der Waals surface area contributed by atoms with E-state index in [-0.39, 0.29) is 5.92 Å². The minimum Gasteiger partial charge on any atom is -0.366 e. The number of rotatable bonds is 7. The Bertz CT molecular complexity index is 1570. The van der Waals surface area contributed by atoms with E-state index in [1.807, 2.05) is 61.3 Å². The smallest absolute Gasteiger partial charge is 0.248 e. The van der Waals surface area contributed by atoms with E-state index < -0.39 is 5.91 Å². The number of H-pyrrole nitrogens is 1. The summed E-state index contributed by atoms with van der Waals surface area (Å²) in [5.74, 6) is 0.421. The number of fused-ring (bicyclic) bond motifs is 1. The van der Waals surface area contributed by atoms with E-state index in [1.165, 1.54) is 0 Å². The molecule has 0 saturated carbocycles. The summed E-state index contributed by atoms with van der Waals surface area (Å²) in [4.78, 5) is 26.8. The van der Waals surface area contributed by atoms with Crippen molar-refractivity contribution in [1.29, 1.82) is 0 Å². The van der Waals surface area contributed by atoms with Crippen molar-refractivity contribution in [2.75, 3.05) is 14.1 Å². The van der Waals surface area contributed by atoms with Crippen LogP contribution in [0.15, 0.2) is 49.1 Å². The van der Waals surface area contributed by atoms with Crippen molar-refractivity contribution in [2.24, 2.45) is 12.8 Å². The number of amides is 1. The highest BCUT2D eigenvalue weighted by molar-refractivity contribution is 5.95. The first kappa shape index (κ1) is 23.4. The normalized spacial score (nSPS) is 11.8. The van der Waals surface area contributed by atoms with Crippen LogP contribution in [0.2, 0.25) is 0 Å². The number of hydrogen-bond acceptors (Lipinski definition) is 6. The molecule has 3 N–H and O–H groups in total. The third-order valence-electron chi connectivity index (χ3n) is 6.05. The van der Waals surface area contributed by atoms with E-state index in [9.17, 15) is 4.79 Å². The molecular weight excluding hydrogens is 454 g/mol. The second-order valence-corrected chi connectivity index (χ2v) is 9.49. The Balaban J connectivity index is 1.71. The molecule has 0 aliphatic heterocycles. The molecule has 10 heteroatoms. The molecule has 0 aliphatic carbocycles. The van der Waals surface area contributed by atoms with Crippen LogP contribution >= 0.6 is 0 Å². The molecular formula is C26H29N9O. The molecule has 10 nitrogen and oxygen atoms in total. The Morgan fingerprint density at radius 3 is 2.69 bits per heavy atom. The number of carbonyl (C=O) groups excluding carboxylic acids is 1. The predicted molar refractivity (Wildman–Crippen MR) is 139 cm³/mol. The van der Waals surface area contributed by atoms with E-state index in [0.717, 1.165) is 50.6 Å². The number of imidazole rings is 1. The summed E-state index contributed by atoms with van der Waals surface area (Å²) < 4.78 is 3.62. The van der Waals surface area contributed by atoms with E-state index in [0.29, 0.717) is 12.1 Å².